The molecule has 1 aromatic rings. The molecule has 19 heavy (non-hydrogen) atoms. The molecule has 0 aliphatic carbocycles. The maximum atomic E-state index is 11.4. The van der Waals surface area contributed by atoms with Crippen molar-refractivity contribution in [3.05, 3.63) is 36.9 Å². The van der Waals surface area contributed by atoms with E-state index >= 15 is 0 Å². The van der Waals surface area contributed by atoms with Gasteiger partial charge in [0, 0.05) is 18.3 Å². The van der Waals surface area contributed by atoms with Gasteiger partial charge in [-0.3, -0.25) is 4.79 Å². The number of nitrogens with one attached hydrogen (secondary N) is 2. The second kappa shape index (κ2) is 9.03. The van der Waals surface area contributed by atoms with E-state index in [0.717, 1.165) is 30.9 Å². The van der Waals surface area contributed by atoms with Crippen LogP contribution in [0.3, 0.4) is 0 Å². The number of carbonyl (C=O) groups is 1. The third kappa shape index (κ3) is 6.50. The van der Waals surface area contributed by atoms with Crippen LogP contribution in [0.5, 0.6) is 5.75 Å². The Morgan fingerprint density at radius 2 is 2.32 bits per heavy atom. The van der Waals surface area contributed by atoms with Gasteiger partial charge in [-0.2, -0.15) is 0 Å². The molecule has 0 fully saturated rings. The van der Waals surface area contributed by atoms with Gasteiger partial charge >= 0.3 is 0 Å². The Morgan fingerprint density at radius 1 is 1.47 bits per heavy atom. The van der Waals surface area contributed by atoms with Gasteiger partial charge in [0.2, 0.25) is 5.91 Å². The predicted molar refractivity (Wildman–Crippen MR) is 78.5 cm³/mol. The second-order valence-corrected chi connectivity index (χ2v) is 4.18. The SMILES string of the molecule is C=CCNC(=O)CNc1cccc(OCCCC)c1. The first kappa shape index (κ1) is 15.1. The zero-order valence-electron chi connectivity index (χ0n) is 11.4. The fourth-order valence-electron chi connectivity index (χ4n) is 1.46. The number of ether oxygens (including phenoxy) is 1. The number of hydrogen-bond donors (Lipinski definition) is 2. The van der Waals surface area contributed by atoms with Gasteiger partial charge in [0.1, 0.15) is 5.75 Å². The molecule has 0 saturated carbocycles. The molecule has 104 valence electrons. The number of amides is 1. The van der Waals surface area contributed by atoms with Crippen molar-refractivity contribution < 1.29 is 9.53 Å². The highest BCUT2D eigenvalue weighted by Crippen LogP contribution is 2.17. The molecular weight excluding hydrogens is 240 g/mol. The zero-order chi connectivity index (χ0) is 13.9. The molecule has 0 heterocycles. The molecule has 0 radical (unpaired) electrons. The fourth-order valence-corrected chi connectivity index (χ4v) is 1.46. The monoisotopic (exact) mass is 262 g/mol. The summed E-state index contributed by atoms with van der Waals surface area (Å²) in [5, 5.41) is 5.77. The minimum Gasteiger partial charge on any atom is -0.494 e. The van der Waals surface area contributed by atoms with Crippen LogP contribution in [-0.4, -0.2) is 25.6 Å². The van der Waals surface area contributed by atoms with Crippen LogP contribution >= 0.6 is 0 Å². The van der Waals surface area contributed by atoms with E-state index in [1.807, 2.05) is 24.3 Å². The Balaban J connectivity index is 2.39. The summed E-state index contributed by atoms with van der Waals surface area (Å²) in [7, 11) is 0. The molecule has 0 saturated heterocycles. The van der Waals surface area contributed by atoms with Crippen LogP contribution in [0.2, 0.25) is 0 Å². The molecule has 0 aromatic heterocycles. The molecule has 0 atom stereocenters. The molecule has 1 amide bonds. The van der Waals surface area contributed by atoms with E-state index in [1.165, 1.54) is 0 Å². The van der Waals surface area contributed by atoms with Crippen molar-refractivity contribution in [2.24, 2.45) is 0 Å². The Kier molecular flexibility index (Phi) is 7.17. The maximum absolute atomic E-state index is 11.4. The third-order valence-electron chi connectivity index (χ3n) is 2.50. The van der Waals surface area contributed by atoms with E-state index in [9.17, 15) is 4.79 Å². The van der Waals surface area contributed by atoms with Crippen molar-refractivity contribution >= 4 is 11.6 Å². The summed E-state index contributed by atoms with van der Waals surface area (Å²) in [5.41, 5.74) is 0.878. The van der Waals surface area contributed by atoms with E-state index in [2.05, 4.69) is 24.1 Å². The lowest BCUT2D eigenvalue weighted by molar-refractivity contribution is -0.119. The first-order valence-electron chi connectivity index (χ1n) is 6.60. The van der Waals surface area contributed by atoms with Gasteiger partial charge in [-0.15, -0.1) is 6.58 Å². The summed E-state index contributed by atoms with van der Waals surface area (Å²) in [6.45, 7) is 7.13. The van der Waals surface area contributed by atoms with Crippen molar-refractivity contribution in [1.29, 1.82) is 0 Å². The molecule has 4 heteroatoms. The van der Waals surface area contributed by atoms with Gasteiger partial charge in [-0.05, 0) is 18.6 Å². The molecule has 0 bridgehead atoms. The molecule has 0 spiro atoms. The summed E-state index contributed by atoms with van der Waals surface area (Å²) >= 11 is 0. The third-order valence-corrected chi connectivity index (χ3v) is 2.50. The van der Waals surface area contributed by atoms with Crippen molar-refractivity contribution in [1.82, 2.24) is 5.32 Å². The van der Waals surface area contributed by atoms with Gasteiger partial charge in [0.25, 0.3) is 0 Å². The van der Waals surface area contributed by atoms with Crippen LogP contribution in [0.25, 0.3) is 0 Å². The van der Waals surface area contributed by atoms with E-state index in [-0.39, 0.29) is 12.5 Å². The van der Waals surface area contributed by atoms with Crippen LogP contribution in [0.1, 0.15) is 19.8 Å². The summed E-state index contributed by atoms with van der Waals surface area (Å²) in [6, 6.07) is 7.63. The van der Waals surface area contributed by atoms with Gasteiger partial charge in [0.15, 0.2) is 0 Å². The average molecular weight is 262 g/mol. The molecule has 1 rings (SSSR count). The highest BCUT2D eigenvalue weighted by Gasteiger charge is 2.00. The quantitative estimate of drug-likeness (QED) is 0.531. The number of carbonyl (C=O) groups excluding carboxylic acids is 1. The van der Waals surface area contributed by atoms with Crippen molar-refractivity contribution in [3.8, 4) is 5.75 Å². The summed E-state index contributed by atoms with van der Waals surface area (Å²) in [6.07, 6.45) is 3.81. The van der Waals surface area contributed by atoms with E-state index < -0.39 is 0 Å². The average Bonchev–Trinajstić information content (AvgIpc) is 2.44. The maximum Gasteiger partial charge on any atom is 0.239 e. The number of rotatable bonds is 9. The Bertz CT molecular complexity index is 405. The minimum atomic E-state index is -0.0581. The van der Waals surface area contributed by atoms with E-state index in [0.29, 0.717) is 6.54 Å². The van der Waals surface area contributed by atoms with Crippen LogP contribution in [0, 0.1) is 0 Å². The van der Waals surface area contributed by atoms with E-state index in [4.69, 9.17) is 4.74 Å². The summed E-state index contributed by atoms with van der Waals surface area (Å²) in [5.74, 6) is 0.766. The Labute approximate surface area is 114 Å². The molecule has 0 aliphatic heterocycles. The van der Waals surface area contributed by atoms with Crippen LogP contribution in [-0.2, 0) is 4.79 Å². The summed E-state index contributed by atoms with van der Waals surface area (Å²) < 4.78 is 5.60. The van der Waals surface area contributed by atoms with Gasteiger partial charge in [0.05, 0.1) is 13.2 Å². The Hall–Kier alpha value is -1.97. The molecule has 0 aliphatic rings. The highest BCUT2D eigenvalue weighted by molar-refractivity contribution is 5.80. The molecule has 2 N–H and O–H groups in total. The largest absolute Gasteiger partial charge is 0.494 e. The van der Waals surface area contributed by atoms with Gasteiger partial charge in [-0.1, -0.05) is 25.5 Å². The number of unbranched alkanes of at least 4 members (excludes halogenated alkanes) is 1. The van der Waals surface area contributed by atoms with Crippen molar-refractivity contribution in [3.63, 3.8) is 0 Å². The van der Waals surface area contributed by atoms with Crippen LogP contribution in [0.4, 0.5) is 5.69 Å². The highest BCUT2D eigenvalue weighted by atomic mass is 16.5. The molecular formula is C15H22N2O2. The first-order valence-corrected chi connectivity index (χ1v) is 6.60. The van der Waals surface area contributed by atoms with Gasteiger partial charge < -0.3 is 15.4 Å². The minimum absolute atomic E-state index is 0.0581. The normalized spacial score (nSPS) is 9.74. The Morgan fingerprint density at radius 3 is 3.05 bits per heavy atom. The van der Waals surface area contributed by atoms with E-state index in [1.54, 1.807) is 6.08 Å². The van der Waals surface area contributed by atoms with Gasteiger partial charge in [-0.25, -0.2) is 0 Å². The smallest absolute Gasteiger partial charge is 0.239 e. The second-order valence-electron chi connectivity index (χ2n) is 4.18. The lowest BCUT2D eigenvalue weighted by Crippen LogP contribution is -2.29. The van der Waals surface area contributed by atoms with Crippen LogP contribution < -0.4 is 15.4 Å². The molecule has 1 aromatic carbocycles. The van der Waals surface area contributed by atoms with Crippen LogP contribution in [0.15, 0.2) is 36.9 Å². The van der Waals surface area contributed by atoms with Crippen molar-refractivity contribution in [2.75, 3.05) is 25.0 Å². The first-order chi connectivity index (χ1) is 9.26. The molecule has 4 nitrogen and oxygen atoms in total. The lowest BCUT2D eigenvalue weighted by atomic mass is 10.3. The number of benzene rings is 1. The molecule has 0 unspecified atom stereocenters. The summed E-state index contributed by atoms with van der Waals surface area (Å²) in [4.78, 5) is 11.4. The lowest BCUT2D eigenvalue weighted by Gasteiger charge is -2.09. The predicted octanol–water partition coefficient (Wildman–Crippen LogP) is 2.58. The van der Waals surface area contributed by atoms with Crippen molar-refractivity contribution in [2.45, 2.75) is 19.8 Å². The number of hydrogen-bond acceptors (Lipinski definition) is 3. The zero-order valence-corrected chi connectivity index (χ0v) is 11.4. The topological polar surface area (TPSA) is 50.4 Å². The fraction of sp³-hybridized carbons (Fsp3) is 0.400. The standard InChI is InChI=1S/C15H22N2O2/c1-3-5-10-19-14-8-6-7-13(11-14)17-12-15(18)16-9-4-2/h4,6-8,11,17H,2-3,5,9-10,12H2,1H3,(H,16,18). The number of anilines is 1.